The Morgan fingerprint density at radius 2 is 1.36 bits per heavy atom. The van der Waals surface area contributed by atoms with Crippen LogP contribution in [0.3, 0.4) is 0 Å². The minimum atomic E-state index is 0. The van der Waals surface area contributed by atoms with Gasteiger partial charge in [-0.2, -0.15) is 0 Å². The zero-order valence-electron chi connectivity index (χ0n) is 17.8. The average Bonchev–Trinajstić information content (AvgIpc) is 2.55. The number of hydrogen-bond acceptors (Lipinski definition) is 3. The van der Waals surface area contributed by atoms with E-state index in [0.29, 0.717) is 12.1 Å². The van der Waals surface area contributed by atoms with Gasteiger partial charge in [-0.25, -0.2) is 0 Å². The summed E-state index contributed by atoms with van der Waals surface area (Å²) in [5, 5.41) is 6.85. The number of rotatable bonds is 13. The molecule has 0 aliphatic rings. The van der Waals surface area contributed by atoms with Gasteiger partial charge in [0.25, 0.3) is 0 Å². The fourth-order valence-corrected chi connectivity index (χ4v) is 3.01. The van der Waals surface area contributed by atoms with Crippen LogP contribution in [0.5, 0.6) is 0 Å². The minimum Gasteiger partial charge on any atom is -0.356 e. The Hall–Kier alpha value is -0.0800. The van der Waals surface area contributed by atoms with Crippen LogP contribution >= 0.6 is 24.0 Å². The second kappa shape index (κ2) is 17.3. The molecule has 6 heteroatoms. The van der Waals surface area contributed by atoms with Crippen LogP contribution in [0.15, 0.2) is 4.99 Å². The molecule has 0 amide bonds. The van der Waals surface area contributed by atoms with Gasteiger partial charge in [-0.1, -0.05) is 13.8 Å². The van der Waals surface area contributed by atoms with Crippen molar-refractivity contribution in [3.05, 3.63) is 0 Å². The molecule has 0 aliphatic carbocycles. The summed E-state index contributed by atoms with van der Waals surface area (Å²) < 4.78 is 0. The molecule has 0 heterocycles. The second-order valence-electron chi connectivity index (χ2n) is 6.94. The zero-order valence-corrected chi connectivity index (χ0v) is 20.1. The predicted octanol–water partition coefficient (Wildman–Crippen LogP) is 3.40. The Morgan fingerprint density at radius 3 is 1.80 bits per heavy atom. The molecule has 0 radical (unpaired) electrons. The molecule has 0 aromatic carbocycles. The quantitative estimate of drug-likeness (QED) is 0.188. The third kappa shape index (κ3) is 13.7. The molecule has 0 aromatic heterocycles. The van der Waals surface area contributed by atoms with Crippen molar-refractivity contribution in [3.63, 3.8) is 0 Å². The Balaban J connectivity index is 0. The van der Waals surface area contributed by atoms with Gasteiger partial charge >= 0.3 is 0 Å². The summed E-state index contributed by atoms with van der Waals surface area (Å²) in [6, 6.07) is 1.21. The largest absolute Gasteiger partial charge is 0.356 e. The maximum Gasteiger partial charge on any atom is 0.190 e. The monoisotopic (exact) mass is 469 g/mol. The van der Waals surface area contributed by atoms with Crippen LogP contribution in [-0.4, -0.2) is 74.2 Å². The lowest BCUT2D eigenvalue weighted by Crippen LogP contribution is -2.41. The molecular formula is C19H44IN5. The topological polar surface area (TPSA) is 42.9 Å². The number of nitrogens with one attached hydrogen (secondary N) is 2. The summed E-state index contributed by atoms with van der Waals surface area (Å²) in [6.45, 7) is 20.1. The summed E-state index contributed by atoms with van der Waals surface area (Å²) in [5.41, 5.74) is 0. The highest BCUT2D eigenvalue weighted by Crippen LogP contribution is 2.05. The molecule has 0 spiro atoms. The number of halogens is 1. The Bertz CT molecular complexity index is 309. The van der Waals surface area contributed by atoms with E-state index in [0.717, 1.165) is 45.1 Å². The van der Waals surface area contributed by atoms with Gasteiger partial charge in [0.15, 0.2) is 5.96 Å². The van der Waals surface area contributed by atoms with Gasteiger partial charge in [0.05, 0.1) is 0 Å². The van der Waals surface area contributed by atoms with E-state index in [-0.39, 0.29) is 24.0 Å². The number of guanidine groups is 1. The average molecular weight is 470 g/mol. The van der Waals surface area contributed by atoms with Gasteiger partial charge < -0.3 is 15.5 Å². The van der Waals surface area contributed by atoms with Gasteiger partial charge in [0.2, 0.25) is 0 Å². The Morgan fingerprint density at radius 1 is 0.840 bits per heavy atom. The van der Waals surface area contributed by atoms with Crippen LogP contribution in [0.1, 0.15) is 60.8 Å². The smallest absolute Gasteiger partial charge is 0.190 e. The molecule has 0 unspecified atom stereocenters. The maximum atomic E-state index is 4.31. The maximum absolute atomic E-state index is 4.31. The van der Waals surface area contributed by atoms with Crippen molar-refractivity contribution in [2.75, 3.05) is 46.3 Å². The van der Waals surface area contributed by atoms with Gasteiger partial charge in [-0.3, -0.25) is 9.89 Å². The molecule has 25 heavy (non-hydrogen) atoms. The molecule has 0 bridgehead atoms. The van der Waals surface area contributed by atoms with E-state index in [4.69, 9.17) is 0 Å². The van der Waals surface area contributed by atoms with E-state index in [1.54, 1.807) is 0 Å². The molecule has 0 saturated carbocycles. The van der Waals surface area contributed by atoms with Crippen molar-refractivity contribution in [1.82, 2.24) is 20.4 Å². The first kappa shape index (κ1) is 27.1. The highest BCUT2D eigenvalue weighted by atomic mass is 127. The molecule has 0 aromatic rings. The van der Waals surface area contributed by atoms with Crippen molar-refractivity contribution in [3.8, 4) is 0 Å². The van der Waals surface area contributed by atoms with Crippen molar-refractivity contribution in [1.29, 1.82) is 0 Å². The number of nitrogens with zero attached hydrogens (tertiary/aromatic N) is 3. The molecule has 152 valence electrons. The summed E-state index contributed by atoms with van der Waals surface area (Å²) in [4.78, 5) is 9.32. The molecule has 5 nitrogen and oxygen atoms in total. The lowest BCUT2D eigenvalue weighted by molar-refractivity contribution is 0.173. The van der Waals surface area contributed by atoms with Crippen LogP contribution in [0.25, 0.3) is 0 Å². The molecule has 2 N–H and O–H groups in total. The molecular weight excluding hydrogens is 425 g/mol. The highest BCUT2D eigenvalue weighted by Gasteiger charge is 2.12. The van der Waals surface area contributed by atoms with E-state index >= 15 is 0 Å². The second-order valence-corrected chi connectivity index (χ2v) is 6.94. The predicted molar refractivity (Wildman–Crippen MR) is 123 cm³/mol. The summed E-state index contributed by atoms with van der Waals surface area (Å²) in [6.07, 6.45) is 3.56. The molecule has 0 atom stereocenters. The van der Waals surface area contributed by atoms with E-state index < -0.39 is 0 Å². The zero-order chi connectivity index (χ0) is 18.4. The Labute approximate surface area is 174 Å². The molecule has 0 fully saturated rings. The van der Waals surface area contributed by atoms with Crippen LogP contribution in [-0.2, 0) is 0 Å². The van der Waals surface area contributed by atoms with Crippen LogP contribution < -0.4 is 10.6 Å². The Kier molecular flexibility index (Phi) is 18.8. The SMILES string of the molecule is CCN(CC)CCCCNC(=NC)NCCCN(C(C)C)C(C)C.I. The summed E-state index contributed by atoms with van der Waals surface area (Å²) in [5.74, 6) is 0.929. The normalized spacial score (nSPS) is 12.2. The van der Waals surface area contributed by atoms with Gasteiger partial charge in [0.1, 0.15) is 0 Å². The number of hydrogen-bond donors (Lipinski definition) is 2. The third-order valence-corrected chi connectivity index (χ3v) is 4.52. The van der Waals surface area contributed by atoms with Crippen LogP contribution in [0.2, 0.25) is 0 Å². The van der Waals surface area contributed by atoms with E-state index in [1.807, 2.05) is 7.05 Å². The molecule has 0 saturated heterocycles. The standard InChI is InChI=1S/C19H43N5.HI/c1-8-23(9-2)15-11-10-13-21-19(20-7)22-14-12-16-24(17(3)4)18(5)6;/h17-18H,8-16H2,1-7H3,(H2,20,21,22);1H. The first-order valence-corrected chi connectivity index (χ1v) is 9.88. The first-order valence-electron chi connectivity index (χ1n) is 9.88. The summed E-state index contributed by atoms with van der Waals surface area (Å²) in [7, 11) is 1.85. The van der Waals surface area contributed by atoms with E-state index in [9.17, 15) is 0 Å². The van der Waals surface area contributed by atoms with Gasteiger partial charge in [-0.15, -0.1) is 24.0 Å². The fourth-order valence-electron chi connectivity index (χ4n) is 3.01. The molecule has 0 rings (SSSR count). The highest BCUT2D eigenvalue weighted by molar-refractivity contribution is 14.0. The summed E-state index contributed by atoms with van der Waals surface area (Å²) >= 11 is 0. The molecule has 0 aliphatic heterocycles. The van der Waals surface area contributed by atoms with Crippen molar-refractivity contribution >= 4 is 29.9 Å². The number of aliphatic imine (C=N–C) groups is 1. The van der Waals surface area contributed by atoms with Gasteiger partial charge in [-0.05, 0) is 66.6 Å². The number of unbranched alkanes of at least 4 members (excludes halogenated alkanes) is 1. The van der Waals surface area contributed by atoms with Gasteiger partial charge in [0, 0.05) is 38.8 Å². The third-order valence-electron chi connectivity index (χ3n) is 4.52. The van der Waals surface area contributed by atoms with E-state index in [1.165, 1.54) is 19.4 Å². The van der Waals surface area contributed by atoms with Crippen LogP contribution in [0.4, 0.5) is 0 Å². The first-order chi connectivity index (χ1) is 11.5. The van der Waals surface area contributed by atoms with Crippen molar-refractivity contribution < 1.29 is 0 Å². The minimum absolute atomic E-state index is 0. The van der Waals surface area contributed by atoms with Crippen LogP contribution in [0, 0.1) is 0 Å². The van der Waals surface area contributed by atoms with Crippen molar-refractivity contribution in [2.45, 2.75) is 72.9 Å². The fraction of sp³-hybridized carbons (Fsp3) is 0.947. The lowest BCUT2D eigenvalue weighted by atomic mass is 10.2. The van der Waals surface area contributed by atoms with Crippen molar-refractivity contribution in [2.24, 2.45) is 4.99 Å². The van der Waals surface area contributed by atoms with E-state index in [2.05, 4.69) is 67.0 Å². The lowest BCUT2D eigenvalue weighted by Gasteiger charge is -2.30.